The second-order valence-corrected chi connectivity index (χ2v) is 10.5. The van der Waals surface area contributed by atoms with Crippen molar-refractivity contribution in [3.63, 3.8) is 0 Å². The molecule has 4 heterocycles. The molecular formula is C25H29F3N8O5. The fourth-order valence-corrected chi connectivity index (χ4v) is 4.56. The minimum absolute atomic E-state index is 0.0178. The lowest BCUT2D eigenvalue weighted by Gasteiger charge is -2.25. The summed E-state index contributed by atoms with van der Waals surface area (Å²) in [6, 6.07) is 2.26. The van der Waals surface area contributed by atoms with E-state index in [0.29, 0.717) is 13.1 Å². The number of alkyl halides is 3. The SMILES string of the molecule is CN(C)CC1CN(c2nn(C)cc2NC(=O)c2coc(-c3ccnc(C(OC(N)=O)C(F)(F)F)c3)n2)C(=O)C1(C)C. The van der Waals surface area contributed by atoms with Gasteiger partial charge in [0, 0.05) is 43.2 Å². The third kappa shape index (κ3) is 6.16. The number of carbonyl (C=O) groups is 3. The van der Waals surface area contributed by atoms with Gasteiger partial charge in [0.05, 0.1) is 11.9 Å². The predicted molar refractivity (Wildman–Crippen MR) is 139 cm³/mol. The first kappa shape index (κ1) is 29.5. The number of nitrogens with two attached hydrogens (primary N) is 1. The Morgan fingerprint density at radius 1 is 1.34 bits per heavy atom. The van der Waals surface area contributed by atoms with E-state index in [9.17, 15) is 27.6 Å². The van der Waals surface area contributed by atoms with Gasteiger partial charge in [0.2, 0.25) is 17.9 Å². The van der Waals surface area contributed by atoms with Gasteiger partial charge in [-0.3, -0.25) is 24.2 Å². The lowest BCUT2D eigenvalue weighted by molar-refractivity contribution is -0.206. The quantitative estimate of drug-likeness (QED) is 0.409. The lowest BCUT2D eigenvalue weighted by Crippen LogP contribution is -2.34. The lowest BCUT2D eigenvalue weighted by atomic mass is 9.81. The number of aromatic nitrogens is 4. The molecule has 0 bridgehead atoms. The number of primary amides is 1. The maximum Gasteiger partial charge on any atom is 0.431 e. The van der Waals surface area contributed by atoms with Crippen LogP contribution < -0.4 is 16.0 Å². The van der Waals surface area contributed by atoms with E-state index < -0.39 is 35.4 Å². The van der Waals surface area contributed by atoms with E-state index in [1.807, 2.05) is 32.8 Å². The molecule has 1 fully saturated rings. The monoisotopic (exact) mass is 578 g/mol. The third-order valence-corrected chi connectivity index (χ3v) is 6.68. The van der Waals surface area contributed by atoms with Crippen molar-refractivity contribution in [1.82, 2.24) is 24.6 Å². The van der Waals surface area contributed by atoms with Gasteiger partial charge < -0.3 is 25.1 Å². The number of pyridine rings is 1. The number of nitrogens with one attached hydrogen (secondary N) is 1. The number of carbonyl (C=O) groups excluding carboxylic acids is 3. The molecule has 2 unspecified atom stereocenters. The van der Waals surface area contributed by atoms with Crippen LogP contribution in [-0.2, 0) is 16.6 Å². The summed E-state index contributed by atoms with van der Waals surface area (Å²) in [4.78, 5) is 48.6. The van der Waals surface area contributed by atoms with Gasteiger partial charge in [-0.2, -0.15) is 18.3 Å². The Labute approximate surface area is 232 Å². The van der Waals surface area contributed by atoms with Gasteiger partial charge in [0.15, 0.2) is 11.5 Å². The highest BCUT2D eigenvalue weighted by Crippen LogP contribution is 2.41. The number of hydrogen-bond donors (Lipinski definition) is 2. The van der Waals surface area contributed by atoms with Gasteiger partial charge >= 0.3 is 12.3 Å². The van der Waals surface area contributed by atoms with Crippen LogP contribution in [0.5, 0.6) is 0 Å². The molecule has 220 valence electrons. The van der Waals surface area contributed by atoms with Crippen LogP contribution >= 0.6 is 0 Å². The van der Waals surface area contributed by atoms with E-state index in [2.05, 4.69) is 25.1 Å². The molecule has 3 N–H and O–H groups in total. The van der Waals surface area contributed by atoms with Crippen LogP contribution in [0.25, 0.3) is 11.5 Å². The fraction of sp³-hybridized carbons (Fsp3) is 0.440. The van der Waals surface area contributed by atoms with Crippen LogP contribution in [0.15, 0.2) is 35.2 Å². The molecule has 1 saturated heterocycles. The van der Waals surface area contributed by atoms with Crippen LogP contribution in [0.3, 0.4) is 0 Å². The second kappa shape index (κ2) is 10.8. The first-order valence-corrected chi connectivity index (χ1v) is 12.3. The highest BCUT2D eigenvalue weighted by Gasteiger charge is 2.49. The minimum Gasteiger partial charge on any atom is -0.444 e. The van der Waals surface area contributed by atoms with Gasteiger partial charge in [-0.15, -0.1) is 0 Å². The van der Waals surface area contributed by atoms with E-state index >= 15 is 0 Å². The zero-order valence-corrected chi connectivity index (χ0v) is 22.9. The molecule has 3 aromatic heterocycles. The first-order valence-electron chi connectivity index (χ1n) is 12.3. The molecule has 0 radical (unpaired) electrons. The molecular weight excluding hydrogens is 549 g/mol. The summed E-state index contributed by atoms with van der Waals surface area (Å²) in [7, 11) is 5.50. The summed E-state index contributed by atoms with van der Waals surface area (Å²) >= 11 is 0. The third-order valence-electron chi connectivity index (χ3n) is 6.68. The summed E-state index contributed by atoms with van der Waals surface area (Å²) < 4.78 is 51.2. The average Bonchev–Trinajstić information content (AvgIpc) is 3.55. The van der Waals surface area contributed by atoms with Crippen molar-refractivity contribution in [2.75, 3.05) is 37.4 Å². The Morgan fingerprint density at radius 3 is 2.68 bits per heavy atom. The van der Waals surface area contributed by atoms with Crippen molar-refractivity contribution < 1.29 is 36.7 Å². The van der Waals surface area contributed by atoms with E-state index in [0.717, 1.165) is 18.5 Å². The Bertz CT molecular complexity index is 1470. The van der Waals surface area contributed by atoms with Crippen molar-refractivity contribution in [2.24, 2.45) is 24.1 Å². The molecule has 13 nitrogen and oxygen atoms in total. The molecule has 0 aliphatic carbocycles. The molecule has 16 heteroatoms. The molecule has 1 aliphatic heterocycles. The van der Waals surface area contributed by atoms with E-state index in [-0.39, 0.29) is 40.5 Å². The maximum absolute atomic E-state index is 13.4. The number of ether oxygens (including phenoxy) is 1. The van der Waals surface area contributed by atoms with E-state index in [1.54, 1.807) is 18.1 Å². The highest BCUT2D eigenvalue weighted by molar-refractivity contribution is 6.07. The van der Waals surface area contributed by atoms with Crippen LogP contribution in [0.4, 0.5) is 29.5 Å². The maximum atomic E-state index is 13.4. The number of hydrogen-bond acceptors (Lipinski definition) is 9. The Morgan fingerprint density at radius 2 is 2.05 bits per heavy atom. The van der Waals surface area contributed by atoms with Gasteiger partial charge in [0.25, 0.3) is 5.91 Å². The molecule has 2 atom stereocenters. The van der Waals surface area contributed by atoms with Gasteiger partial charge in [-0.05, 0) is 26.2 Å². The van der Waals surface area contributed by atoms with Crippen molar-refractivity contribution >= 4 is 29.4 Å². The van der Waals surface area contributed by atoms with E-state index in [1.165, 1.54) is 10.7 Å². The van der Waals surface area contributed by atoms with Crippen LogP contribution in [0.1, 0.15) is 36.1 Å². The van der Waals surface area contributed by atoms with Crippen LogP contribution in [0.2, 0.25) is 0 Å². The first-order chi connectivity index (χ1) is 19.1. The zero-order chi connectivity index (χ0) is 30.3. The van der Waals surface area contributed by atoms with Crippen molar-refractivity contribution in [1.29, 1.82) is 0 Å². The second-order valence-electron chi connectivity index (χ2n) is 10.5. The highest BCUT2D eigenvalue weighted by atomic mass is 19.4. The van der Waals surface area contributed by atoms with Crippen LogP contribution in [-0.4, -0.2) is 75.9 Å². The number of anilines is 2. The topological polar surface area (TPSA) is 162 Å². The Kier molecular flexibility index (Phi) is 7.80. The molecule has 3 aromatic rings. The molecule has 4 rings (SSSR count). The van der Waals surface area contributed by atoms with Gasteiger partial charge in [0.1, 0.15) is 12.0 Å². The van der Waals surface area contributed by atoms with Gasteiger partial charge in [-0.25, -0.2) is 9.78 Å². The summed E-state index contributed by atoms with van der Waals surface area (Å²) in [6.45, 7) is 4.84. The van der Waals surface area contributed by atoms with Crippen molar-refractivity contribution in [2.45, 2.75) is 26.1 Å². The number of oxazole rings is 1. The van der Waals surface area contributed by atoms with E-state index in [4.69, 9.17) is 10.2 Å². The predicted octanol–water partition coefficient (Wildman–Crippen LogP) is 2.97. The molecule has 41 heavy (non-hydrogen) atoms. The molecule has 0 saturated carbocycles. The fourth-order valence-electron chi connectivity index (χ4n) is 4.56. The van der Waals surface area contributed by atoms with Crippen LogP contribution in [0, 0.1) is 11.3 Å². The smallest absolute Gasteiger partial charge is 0.431 e. The Hall–Kier alpha value is -4.47. The zero-order valence-electron chi connectivity index (χ0n) is 22.9. The molecule has 1 aliphatic rings. The average molecular weight is 579 g/mol. The number of aryl methyl sites for hydroxylation is 1. The summed E-state index contributed by atoms with van der Waals surface area (Å²) in [5.41, 5.74) is 3.58. The molecule has 0 aromatic carbocycles. The minimum atomic E-state index is -4.98. The van der Waals surface area contributed by atoms with Gasteiger partial charge in [-0.1, -0.05) is 13.8 Å². The summed E-state index contributed by atoms with van der Waals surface area (Å²) in [5, 5.41) is 7.08. The summed E-state index contributed by atoms with van der Waals surface area (Å²) in [5.74, 6) is -0.731. The van der Waals surface area contributed by atoms with Crippen molar-refractivity contribution in [3.8, 4) is 11.5 Å². The number of amides is 3. The Balaban J connectivity index is 1.56. The number of halogens is 3. The number of rotatable bonds is 8. The normalized spacial score (nSPS) is 17.6. The molecule has 0 spiro atoms. The number of nitrogens with zero attached hydrogens (tertiary/aromatic N) is 6. The standard InChI is InChI=1S/C25H29F3N8O5/c1-24(2)14(9-34(3)4)10-36(22(24)38)19-16(11-35(5)33-19)31-20(37)17-12-40-21(32-17)13-6-7-30-15(8-13)18(25(26,27)28)41-23(29)39/h6-8,11-12,14,18H,9-10H2,1-5H3,(H2,29,39)(H,31,37). The largest absolute Gasteiger partial charge is 0.444 e. The summed E-state index contributed by atoms with van der Waals surface area (Å²) in [6.07, 6.45) is -5.72. The van der Waals surface area contributed by atoms with Crippen molar-refractivity contribution in [3.05, 3.63) is 42.2 Å². The molecule has 3 amide bonds.